The molecule has 23 heavy (non-hydrogen) atoms. The summed E-state index contributed by atoms with van der Waals surface area (Å²) in [7, 11) is 0. The molecular weight excluding hydrogens is 295 g/mol. The van der Waals surface area contributed by atoms with E-state index < -0.39 is 0 Å². The zero-order valence-corrected chi connectivity index (χ0v) is 12.9. The van der Waals surface area contributed by atoms with Gasteiger partial charge < -0.3 is 10.6 Å². The summed E-state index contributed by atoms with van der Waals surface area (Å²) < 4.78 is 12.8. The summed E-state index contributed by atoms with van der Waals surface area (Å²) in [4.78, 5) is 23.1. The van der Waals surface area contributed by atoms with Crippen molar-refractivity contribution in [3.8, 4) is 0 Å². The minimum absolute atomic E-state index is 0.173. The molecule has 2 amide bonds. The molecule has 2 aromatic carbocycles. The lowest BCUT2D eigenvalue weighted by molar-refractivity contribution is -0.114. The Balaban J connectivity index is 2.08. The normalized spacial score (nSPS) is 10.6. The van der Waals surface area contributed by atoms with Crippen LogP contribution >= 0.6 is 0 Å². The van der Waals surface area contributed by atoms with Crippen LogP contribution < -0.4 is 10.6 Å². The van der Waals surface area contributed by atoms with Crippen LogP contribution in [0.15, 0.2) is 48.5 Å². The number of anilines is 2. The van der Waals surface area contributed by atoms with Gasteiger partial charge in [-0.3, -0.25) is 9.59 Å². The topological polar surface area (TPSA) is 58.2 Å². The average Bonchev–Trinajstić information content (AvgIpc) is 2.50. The molecule has 4 nitrogen and oxygen atoms in total. The highest BCUT2D eigenvalue weighted by Gasteiger charge is 2.06. The highest BCUT2D eigenvalue weighted by Crippen LogP contribution is 2.23. The molecule has 0 spiro atoms. The number of halogens is 1. The predicted octanol–water partition coefficient (Wildman–Crippen LogP) is 3.74. The molecule has 118 valence electrons. The maximum absolute atomic E-state index is 12.8. The minimum Gasteiger partial charge on any atom is -0.326 e. The second kappa shape index (κ2) is 7.35. The van der Waals surface area contributed by atoms with Crippen LogP contribution in [0.3, 0.4) is 0 Å². The van der Waals surface area contributed by atoms with Gasteiger partial charge in [0.2, 0.25) is 11.8 Å². The molecule has 0 saturated heterocycles. The predicted molar refractivity (Wildman–Crippen MR) is 89.5 cm³/mol. The number of amides is 2. The fraction of sp³-hybridized carbons (Fsp3) is 0.111. The number of rotatable bonds is 4. The third-order valence-electron chi connectivity index (χ3n) is 3.20. The Morgan fingerprint density at radius 2 is 1.61 bits per heavy atom. The third-order valence-corrected chi connectivity index (χ3v) is 3.20. The zero-order valence-electron chi connectivity index (χ0n) is 12.9. The molecule has 2 rings (SSSR count). The molecule has 0 bridgehead atoms. The summed E-state index contributed by atoms with van der Waals surface area (Å²) >= 11 is 0. The summed E-state index contributed by atoms with van der Waals surface area (Å²) in [6.07, 6.45) is 2.97. The summed E-state index contributed by atoms with van der Waals surface area (Å²) in [5, 5.41) is 5.46. The van der Waals surface area contributed by atoms with E-state index in [1.165, 1.54) is 25.1 Å². The Morgan fingerprint density at radius 3 is 2.22 bits per heavy atom. The summed E-state index contributed by atoms with van der Waals surface area (Å²) in [5.41, 5.74) is 2.76. The van der Waals surface area contributed by atoms with Crippen LogP contribution in [0.4, 0.5) is 15.8 Å². The third kappa shape index (κ3) is 4.78. The van der Waals surface area contributed by atoms with Gasteiger partial charge in [-0.1, -0.05) is 18.2 Å². The van der Waals surface area contributed by atoms with Gasteiger partial charge in [0.05, 0.1) is 0 Å². The van der Waals surface area contributed by atoms with Crippen molar-refractivity contribution in [1.29, 1.82) is 0 Å². The van der Waals surface area contributed by atoms with Crippen molar-refractivity contribution < 1.29 is 14.0 Å². The highest BCUT2D eigenvalue weighted by atomic mass is 19.1. The molecule has 2 N–H and O–H groups in total. The van der Waals surface area contributed by atoms with Crippen LogP contribution in [0.1, 0.15) is 18.1 Å². The molecule has 0 aliphatic carbocycles. The Kier molecular flexibility index (Phi) is 5.25. The fourth-order valence-corrected chi connectivity index (χ4v) is 2.02. The fourth-order valence-electron chi connectivity index (χ4n) is 2.02. The van der Waals surface area contributed by atoms with E-state index in [0.29, 0.717) is 11.4 Å². The number of benzene rings is 2. The molecule has 0 saturated carbocycles. The van der Waals surface area contributed by atoms with Crippen LogP contribution in [0.5, 0.6) is 0 Å². The lowest BCUT2D eigenvalue weighted by Crippen LogP contribution is -2.12. The summed E-state index contributed by atoms with van der Waals surface area (Å²) in [6, 6.07) is 11.1. The summed E-state index contributed by atoms with van der Waals surface area (Å²) in [6.45, 7) is 3.24. The molecule has 0 aliphatic rings. The van der Waals surface area contributed by atoms with E-state index in [9.17, 15) is 14.0 Å². The molecule has 0 aromatic heterocycles. The van der Waals surface area contributed by atoms with Crippen molar-refractivity contribution in [2.75, 3.05) is 10.6 Å². The maximum Gasteiger partial charge on any atom is 0.248 e. The largest absolute Gasteiger partial charge is 0.326 e. The van der Waals surface area contributed by atoms with Crippen LogP contribution in [0.25, 0.3) is 6.08 Å². The number of hydrogen-bond acceptors (Lipinski definition) is 2. The van der Waals surface area contributed by atoms with E-state index >= 15 is 0 Å². The molecule has 0 aliphatic heterocycles. The van der Waals surface area contributed by atoms with Crippen molar-refractivity contribution in [3.63, 3.8) is 0 Å². The van der Waals surface area contributed by atoms with Crippen LogP contribution in [-0.4, -0.2) is 11.8 Å². The van der Waals surface area contributed by atoms with Crippen molar-refractivity contribution >= 4 is 29.3 Å². The van der Waals surface area contributed by atoms with E-state index in [1.807, 2.05) is 6.92 Å². The number of hydrogen-bond donors (Lipinski definition) is 2. The molecule has 0 atom stereocenters. The van der Waals surface area contributed by atoms with Gasteiger partial charge in [0.25, 0.3) is 0 Å². The highest BCUT2D eigenvalue weighted by molar-refractivity contribution is 6.03. The quantitative estimate of drug-likeness (QED) is 0.845. The van der Waals surface area contributed by atoms with Gasteiger partial charge in [-0.15, -0.1) is 0 Å². The molecule has 5 heteroatoms. The van der Waals surface area contributed by atoms with Crippen molar-refractivity contribution in [3.05, 3.63) is 65.5 Å². The van der Waals surface area contributed by atoms with Crippen molar-refractivity contribution in [2.45, 2.75) is 13.8 Å². The SMILES string of the molecule is CC(=O)Nc1cccc(NC(=O)/C=C/c2ccc(F)cc2)c1C. The lowest BCUT2D eigenvalue weighted by atomic mass is 10.1. The first-order chi connectivity index (χ1) is 11.0. The second-order valence-corrected chi connectivity index (χ2v) is 5.03. The first-order valence-corrected chi connectivity index (χ1v) is 7.07. The average molecular weight is 312 g/mol. The number of nitrogens with one attached hydrogen (secondary N) is 2. The van der Waals surface area contributed by atoms with Gasteiger partial charge in [-0.25, -0.2) is 4.39 Å². The van der Waals surface area contributed by atoms with Gasteiger partial charge in [-0.05, 0) is 48.4 Å². The molecule has 0 fully saturated rings. The van der Waals surface area contributed by atoms with Gasteiger partial charge in [0.15, 0.2) is 0 Å². The van der Waals surface area contributed by atoms with E-state index in [2.05, 4.69) is 10.6 Å². The van der Waals surface area contributed by atoms with Gasteiger partial charge in [0.1, 0.15) is 5.82 Å². The van der Waals surface area contributed by atoms with Crippen LogP contribution in [0.2, 0.25) is 0 Å². The first kappa shape index (κ1) is 16.4. The maximum atomic E-state index is 12.8. The monoisotopic (exact) mass is 312 g/mol. The first-order valence-electron chi connectivity index (χ1n) is 7.07. The molecule has 0 heterocycles. The molecular formula is C18H17FN2O2. The lowest BCUT2D eigenvalue weighted by Gasteiger charge is -2.11. The Morgan fingerprint density at radius 1 is 1.00 bits per heavy atom. The van der Waals surface area contributed by atoms with Crippen molar-refractivity contribution in [2.24, 2.45) is 0 Å². The Hall–Kier alpha value is -2.95. The van der Waals surface area contributed by atoms with E-state index in [-0.39, 0.29) is 17.6 Å². The van der Waals surface area contributed by atoms with Gasteiger partial charge in [-0.2, -0.15) is 0 Å². The van der Waals surface area contributed by atoms with E-state index in [0.717, 1.165) is 11.1 Å². The van der Waals surface area contributed by atoms with Gasteiger partial charge >= 0.3 is 0 Å². The van der Waals surface area contributed by atoms with Crippen molar-refractivity contribution in [1.82, 2.24) is 0 Å². The molecule has 0 radical (unpaired) electrons. The van der Waals surface area contributed by atoms with E-state index in [1.54, 1.807) is 36.4 Å². The number of carbonyl (C=O) groups excluding carboxylic acids is 2. The molecule has 0 unspecified atom stereocenters. The summed E-state index contributed by atoms with van der Waals surface area (Å²) in [5.74, 6) is -0.804. The van der Waals surface area contributed by atoms with E-state index in [4.69, 9.17) is 0 Å². The number of carbonyl (C=O) groups is 2. The van der Waals surface area contributed by atoms with Gasteiger partial charge in [0, 0.05) is 24.4 Å². The second-order valence-electron chi connectivity index (χ2n) is 5.03. The van der Waals surface area contributed by atoms with Crippen LogP contribution in [0, 0.1) is 12.7 Å². The minimum atomic E-state index is -0.322. The zero-order chi connectivity index (χ0) is 16.8. The Labute approximate surface area is 134 Å². The van der Waals surface area contributed by atoms with Crippen LogP contribution in [-0.2, 0) is 9.59 Å². The standard InChI is InChI=1S/C18H17FN2O2/c1-12-16(20-13(2)22)4-3-5-17(12)21-18(23)11-8-14-6-9-15(19)10-7-14/h3-11H,1-2H3,(H,20,22)(H,21,23)/b11-8+. The molecule has 2 aromatic rings. The Bertz CT molecular complexity index is 752. The smallest absolute Gasteiger partial charge is 0.248 e.